The predicted molar refractivity (Wildman–Crippen MR) is 53.2 cm³/mol. The van der Waals surface area contributed by atoms with Crippen LogP contribution in [-0.4, -0.2) is 28.8 Å². The number of nitrogens with one attached hydrogen (secondary N) is 2. The zero-order valence-corrected chi connectivity index (χ0v) is 9.37. The number of sulfonamides is 1. The molecule has 9 heteroatoms. The van der Waals surface area contributed by atoms with E-state index < -0.39 is 10.0 Å². The molecule has 0 unspecified atom stereocenters. The van der Waals surface area contributed by atoms with Crippen LogP contribution in [-0.2, 0) is 10.0 Å². The van der Waals surface area contributed by atoms with Gasteiger partial charge in [-0.05, 0) is 13.8 Å². The van der Waals surface area contributed by atoms with Gasteiger partial charge in [-0.3, -0.25) is 5.10 Å². The van der Waals surface area contributed by atoms with Crippen molar-refractivity contribution in [2.75, 3.05) is 4.72 Å². The highest BCUT2D eigenvalue weighted by Crippen LogP contribution is 2.15. The van der Waals surface area contributed by atoms with Crippen molar-refractivity contribution in [1.82, 2.24) is 20.3 Å². The number of hydrogen-bond donors (Lipinski definition) is 2. The van der Waals surface area contributed by atoms with Gasteiger partial charge >= 0.3 is 6.01 Å². The minimum absolute atomic E-state index is 0.0448. The molecule has 16 heavy (non-hydrogen) atoms. The molecule has 2 heterocycles. The Morgan fingerprint density at radius 3 is 2.69 bits per heavy atom. The third kappa shape index (κ3) is 1.89. The zero-order chi connectivity index (χ0) is 11.8. The number of nitrogens with zero attached hydrogens (tertiary/aromatic N) is 3. The van der Waals surface area contributed by atoms with E-state index in [1.165, 1.54) is 6.20 Å². The molecule has 0 aliphatic heterocycles. The Kier molecular flexibility index (Phi) is 2.38. The number of aromatic nitrogens is 4. The van der Waals surface area contributed by atoms with Crippen molar-refractivity contribution in [2.45, 2.75) is 18.7 Å². The number of anilines is 1. The minimum atomic E-state index is -3.73. The average molecular weight is 243 g/mol. The van der Waals surface area contributed by atoms with Crippen LogP contribution < -0.4 is 4.72 Å². The van der Waals surface area contributed by atoms with Crippen LogP contribution in [0.4, 0.5) is 6.01 Å². The number of H-pyrrole nitrogens is 1. The summed E-state index contributed by atoms with van der Waals surface area (Å²) in [6.07, 6.45) is 1.21. The maximum Gasteiger partial charge on any atom is 0.335 e. The molecule has 0 aliphatic rings. The molecule has 2 rings (SSSR count). The summed E-state index contributed by atoms with van der Waals surface area (Å²) in [5.74, 6) is 0.349. The lowest BCUT2D eigenvalue weighted by Gasteiger charge is -2.01. The van der Waals surface area contributed by atoms with Crippen LogP contribution >= 0.6 is 0 Å². The highest BCUT2D eigenvalue weighted by Gasteiger charge is 2.21. The molecular formula is C7H9N5O3S. The molecule has 0 spiro atoms. The Morgan fingerprint density at radius 2 is 2.19 bits per heavy atom. The van der Waals surface area contributed by atoms with Gasteiger partial charge in [-0.2, -0.15) is 10.1 Å². The van der Waals surface area contributed by atoms with E-state index in [4.69, 9.17) is 0 Å². The number of hydrogen-bond acceptors (Lipinski definition) is 6. The van der Waals surface area contributed by atoms with Gasteiger partial charge in [-0.1, -0.05) is 5.16 Å². The van der Waals surface area contributed by atoms with E-state index in [1.54, 1.807) is 13.8 Å². The third-order valence-corrected chi connectivity index (χ3v) is 3.26. The molecule has 2 aromatic heterocycles. The zero-order valence-electron chi connectivity index (χ0n) is 8.55. The van der Waals surface area contributed by atoms with Crippen LogP contribution in [0.3, 0.4) is 0 Å². The van der Waals surface area contributed by atoms with Crippen molar-refractivity contribution in [1.29, 1.82) is 0 Å². The lowest BCUT2D eigenvalue weighted by atomic mass is 10.5. The molecule has 0 saturated carbocycles. The van der Waals surface area contributed by atoms with Gasteiger partial charge in [0.05, 0.1) is 11.9 Å². The molecule has 0 fully saturated rings. The monoisotopic (exact) mass is 243 g/mol. The van der Waals surface area contributed by atoms with Crippen LogP contribution in [0.2, 0.25) is 0 Å². The van der Waals surface area contributed by atoms with Gasteiger partial charge in [0.2, 0.25) is 0 Å². The SMILES string of the molecule is Cc1noc(NS(=O)(=O)c2cn[nH]c2C)n1. The smallest absolute Gasteiger partial charge is 0.314 e. The fraction of sp³-hybridized carbons (Fsp3) is 0.286. The molecule has 8 nitrogen and oxygen atoms in total. The first kappa shape index (κ1) is 10.6. The van der Waals surface area contributed by atoms with Crippen LogP contribution in [0.1, 0.15) is 11.5 Å². The first-order chi connectivity index (χ1) is 7.49. The third-order valence-electron chi connectivity index (χ3n) is 1.82. The second kappa shape index (κ2) is 3.59. The van der Waals surface area contributed by atoms with E-state index in [-0.39, 0.29) is 10.9 Å². The highest BCUT2D eigenvalue weighted by molar-refractivity contribution is 7.92. The molecule has 0 radical (unpaired) electrons. The maximum absolute atomic E-state index is 11.8. The first-order valence-corrected chi connectivity index (χ1v) is 5.80. The molecule has 86 valence electrons. The number of aromatic amines is 1. The summed E-state index contributed by atoms with van der Waals surface area (Å²) in [4.78, 5) is 3.78. The molecular weight excluding hydrogens is 234 g/mol. The van der Waals surface area contributed by atoms with E-state index in [1.807, 2.05) is 0 Å². The molecule has 0 aliphatic carbocycles. The van der Waals surface area contributed by atoms with Crippen molar-refractivity contribution in [3.05, 3.63) is 17.7 Å². The summed E-state index contributed by atoms with van der Waals surface area (Å²) in [7, 11) is -3.73. The second-order valence-corrected chi connectivity index (χ2v) is 4.76. The van der Waals surface area contributed by atoms with Gasteiger partial charge in [-0.15, -0.1) is 0 Å². The van der Waals surface area contributed by atoms with Crippen LogP contribution in [0.25, 0.3) is 0 Å². The molecule has 2 aromatic rings. The fourth-order valence-electron chi connectivity index (χ4n) is 1.12. The predicted octanol–water partition coefficient (Wildman–Crippen LogP) is 0.210. The van der Waals surface area contributed by atoms with E-state index >= 15 is 0 Å². The molecule has 0 atom stereocenters. The van der Waals surface area contributed by atoms with Gasteiger partial charge < -0.3 is 4.52 Å². The first-order valence-electron chi connectivity index (χ1n) is 4.32. The topological polar surface area (TPSA) is 114 Å². The minimum Gasteiger partial charge on any atom is -0.314 e. The van der Waals surface area contributed by atoms with Crippen LogP contribution in [0.5, 0.6) is 0 Å². The quantitative estimate of drug-likeness (QED) is 0.796. The van der Waals surface area contributed by atoms with Gasteiger partial charge in [-0.25, -0.2) is 13.1 Å². The highest BCUT2D eigenvalue weighted by atomic mass is 32.2. The Hall–Kier alpha value is -1.90. The van der Waals surface area contributed by atoms with E-state index in [0.29, 0.717) is 11.5 Å². The van der Waals surface area contributed by atoms with Crippen molar-refractivity contribution in [3.8, 4) is 0 Å². The van der Waals surface area contributed by atoms with Crippen molar-refractivity contribution in [3.63, 3.8) is 0 Å². The van der Waals surface area contributed by atoms with Crippen LogP contribution in [0, 0.1) is 13.8 Å². The normalized spacial score (nSPS) is 11.6. The van der Waals surface area contributed by atoms with Gasteiger partial charge in [0.1, 0.15) is 4.90 Å². The number of aryl methyl sites for hydroxylation is 2. The summed E-state index contributed by atoms with van der Waals surface area (Å²) in [5.41, 5.74) is 0.434. The summed E-state index contributed by atoms with van der Waals surface area (Å²) in [6.45, 7) is 3.19. The second-order valence-electron chi connectivity index (χ2n) is 3.11. The summed E-state index contributed by atoms with van der Waals surface area (Å²) < 4.78 is 30.4. The van der Waals surface area contributed by atoms with E-state index in [2.05, 4.69) is 29.6 Å². The summed E-state index contributed by atoms with van der Waals surface area (Å²) in [6, 6.07) is -0.168. The Labute approximate surface area is 91.1 Å². The average Bonchev–Trinajstić information content (AvgIpc) is 2.74. The van der Waals surface area contributed by atoms with E-state index in [0.717, 1.165) is 0 Å². The maximum atomic E-state index is 11.8. The van der Waals surface area contributed by atoms with Gasteiger partial charge in [0.15, 0.2) is 5.82 Å². The molecule has 0 amide bonds. The Bertz CT molecular complexity index is 599. The standard InChI is InChI=1S/C7H9N5O3S/c1-4-6(3-8-10-4)16(13,14)12-7-9-5(2)11-15-7/h3H,1-2H3,(H,8,10)(H,9,11,12). The van der Waals surface area contributed by atoms with Gasteiger partial charge in [0.25, 0.3) is 10.0 Å². The van der Waals surface area contributed by atoms with Crippen molar-refractivity contribution < 1.29 is 12.9 Å². The largest absolute Gasteiger partial charge is 0.335 e. The molecule has 0 saturated heterocycles. The van der Waals surface area contributed by atoms with Crippen LogP contribution in [0.15, 0.2) is 15.6 Å². The van der Waals surface area contributed by atoms with E-state index in [9.17, 15) is 8.42 Å². The Morgan fingerprint density at radius 1 is 1.44 bits per heavy atom. The fourth-order valence-corrected chi connectivity index (χ4v) is 2.18. The lowest BCUT2D eigenvalue weighted by molar-refractivity contribution is 0.429. The summed E-state index contributed by atoms with van der Waals surface area (Å²) in [5, 5.41) is 9.62. The van der Waals surface area contributed by atoms with Crippen molar-refractivity contribution in [2.24, 2.45) is 0 Å². The Balaban J connectivity index is 2.31. The summed E-state index contributed by atoms with van der Waals surface area (Å²) >= 11 is 0. The van der Waals surface area contributed by atoms with Gasteiger partial charge in [0, 0.05) is 0 Å². The lowest BCUT2D eigenvalue weighted by Crippen LogP contribution is -2.13. The molecule has 0 bridgehead atoms. The molecule has 2 N–H and O–H groups in total. The number of rotatable bonds is 3. The molecule has 0 aromatic carbocycles. The van der Waals surface area contributed by atoms with Crippen molar-refractivity contribution >= 4 is 16.0 Å².